The van der Waals surface area contributed by atoms with Crippen molar-refractivity contribution >= 4 is 5.91 Å². The number of carbonyl (C=O) groups is 1. The maximum absolute atomic E-state index is 12.1. The first kappa shape index (κ1) is 11.9. The molecular weight excluding hydrogens is 200 g/mol. The van der Waals surface area contributed by atoms with E-state index < -0.39 is 0 Å². The molecule has 0 aromatic heterocycles. The maximum atomic E-state index is 12.1. The molecule has 1 unspecified atom stereocenters. The molecule has 3 nitrogen and oxygen atoms in total. The van der Waals surface area contributed by atoms with Gasteiger partial charge >= 0.3 is 0 Å². The Balaban J connectivity index is 1.82. The van der Waals surface area contributed by atoms with Gasteiger partial charge in [-0.15, -0.1) is 0 Å². The van der Waals surface area contributed by atoms with Gasteiger partial charge in [-0.2, -0.15) is 0 Å². The van der Waals surface area contributed by atoms with Gasteiger partial charge in [-0.05, 0) is 43.6 Å². The highest BCUT2D eigenvalue weighted by Gasteiger charge is 2.37. The number of amides is 1. The first-order valence-corrected chi connectivity index (χ1v) is 6.61. The lowest BCUT2D eigenvalue weighted by Crippen LogP contribution is -2.56. The van der Waals surface area contributed by atoms with Crippen LogP contribution in [0.1, 0.15) is 46.0 Å². The summed E-state index contributed by atoms with van der Waals surface area (Å²) in [5, 5.41) is 6.47. The summed E-state index contributed by atoms with van der Waals surface area (Å²) in [6, 6.07) is 0.00123. The van der Waals surface area contributed by atoms with Crippen LogP contribution in [-0.4, -0.2) is 25.0 Å². The van der Waals surface area contributed by atoms with Crippen LogP contribution in [0.4, 0.5) is 0 Å². The molecule has 1 amide bonds. The SMILES string of the molecule is CC1(C)CCCNC1C(=O)NCC1CCC1. The molecule has 1 aliphatic carbocycles. The molecule has 2 aliphatic rings. The van der Waals surface area contributed by atoms with Crippen LogP contribution >= 0.6 is 0 Å². The van der Waals surface area contributed by atoms with Gasteiger partial charge in [0.05, 0.1) is 6.04 Å². The minimum atomic E-state index is 0.00123. The minimum Gasteiger partial charge on any atom is -0.354 e. The van der Waals surface area contributed by atoms with E-state index in [1.165, 1.54) is 25.7 Å². The first-order valence-electron chi connectivity index (χ1n) is 6.61. The standard InChI is InChI=1S/C13H24N2O/c1-13(2)7-4-8-14-11(13)12(16)15-9-10-5-3-6-10/h10-11,14H,3-9H2,1-2H3,(H,15,16). The van der Waals surface area contributed by atoms with E-state index in [1.54, 1.807) is 0 Å². The Kier molecular flexibility index (Phi) is 3.53. The Morgan fingerprint density at radius 2 is 2.12 bits per heavy atom. The molecule has 92 valence electrons. The number of hydrogen-bond donors (Lipinski definition) is 2. The fourth-order valence-corrected chi connectivity index (χ4v) is 2.70. The summed E-state index contributed by atoms with van der Waals surface area (Å²) in [4.78, 5) is 12.1. The third-order valence-electron chi connectivity index (χ3n) is 4.18. The summed E-state index contributed by atoms with van der Waals surface area (Å²) in [6.45, 7) is 6.23. The molecule has 2 N–H and O–H groups in total. The Hall–Kier alpha value is -0.570. The maximum Gasteiger partial charge on any atom is 0.237 e. The highest BCUT2D eigenvalue weighted by Crippen LogP contribution is 2.30. The van der Waals surface area contributed by atoms with Crippen molar-refractivity contribution < 1.29 is 4.79 Å². The van der Waals surface area contributed by atoms with E-state index in [0.717, 1.165) is 25.4 Å². The van der Waals surface area contributed by atoms with Crippen LogP contribution in [-0.2, 0) is 4.79 Å². The Labute approximate surface area is 98.4 Å². The van der Waals surface area contributed by atoms with Crippen molar-refractivity contribution in [2.24, 2.45) is 11.3 Å². The smallest absolute Gasteiger partial charge is 0.237 e. The lowest BCUT2D eigenvalue weighted by Gasteiger charge is -2.38. The number of nitrogens with one attached hydrogen (secondary N) is 2. The number of hydrogen-bond acceptors (Lipinski definition) is 2. The number of piperidine rings is 1. The molecule has 1 heterocycles. The quantitative estimate of drug-likeness (QED) is 0.766. The van der Waals surface area contributed by atoms with Gasteiger partial charge in [-0.25, -0.2) is 0 Å². The van der Waals surface area contributed by atoms with E-state index in [-0.39, 0.29) is 17.4 Å². The van der Waals surface area contributed by atoms with Crippen LogP contribution in [0.2, 0.25) is 0 Å². The molecule has 1 aliphatic heterocycles. The molecule has 16 heavy (non-hydrogen) atoms. The predicted octanol–water partition coefficient (Wildman–Crippen LogP) is 1.68. The average molecular weight is 224 g/mol. The summed E-state index contributed by atoms with van der Waals surface area (Å²) in [6.07, 6.45) is 6.25. The van der Waals surface area contributed by atoms with E-state index in [1.807, 2.05) is 0 Å². The van der Waals surface area contributed by atoms with Crippen LogP contribution in [0.15, 0.2) is 0 Å². The van der Waals surface area contributed by atoms with E-state index in [4.69, 9.17) is 0 Å². The van der Waals surface area contributed by atoms with Crippen molar-refractivity contribution in [1.29, 1.82) is 0 Å². The molecule has 2 fully saturated rings. The van der Waals surface area contributed by atoms with Gasteiger partial charge in [0.25, 0.3) is 0 Å². The molecule has 0 radical (unpaired) electrons. The molecule has 1 atom stereocenters. The normalized spacial score (nSPS) is 29.5. The van der Waals surface area contributed by atoms with Crippen LogP contribution in [0, 0.1) is 11.3 Å². The summed E-state index contributed by atoms with van der Waals surface area (Å²) < 4.78 is 0. The van der Waals surface area contributed by atoms with Crippen molar-refractivity contribution in [3.63, 3.8) is 0 Å². The van der Waals surface area contributed by atoms with Gasteiger partial charge in [0, 0.05) is 6.54 Å². The zero-order chi connectivity index (χ0) is 11.6. The van der Waals surface area contributed by atoms with E-state index in [2.05, 4.69) is 24.5 Å². The van der Waals surface area contributed by atoms with Crippen LogP contribution in [0.3, 0.4) is 0 Å². The zero-order valence-electron chi connectivity index (χ0n) is 10.5. The van der Waals surface area contributed by atoms with Crippen molar-refractivity contribution in [2.45, 2.75) is 52.0 Å². The van der Waals surface area contributed by atoms with Gasteiger partial charge in [0.2, 0.25) is 5.91 Å². The van der Waals surface area contributed by atoms with Crippen molar-refractivity contribution in [1.82, 2.24) is 10.6 Å². The van der Waals surface area contributed by atoms with E-state index in [9.17, 15) is 4.79 Å². The van der Waals surface area contributed by atoms with Crippen LogP contribution < -0.4 is 10.6 Å². The second kappa shape index (κ2) is 4.74. The lowest BCUT2D eigenvalue weighted by molar-refractivity contribution is -0.127. The Morgan fingerprint density at radius 1 is 1.38 bits per heavy atom. The summed E-state index contributed by atoms with van der Waals surface area (Å²) in [5.74, 6) is 0.951. The molecule has 0 aromatic carbocycles. The molecule has 0 aromatic rings. The first-order chi connectivity index (χ1) is 7.59. The lowest BCUT2D eigenvalue weighted by atomic mass is 9.77. The summed E-state index contributed by atoms with van der Waals surface area (Å²) in [7, 11) is 0. The van der Waals surface area contributed by atoms with Crippen molar-refractivity contribution in [3.05, 3.63) is 0 Å². The van der Waals surface area contributed by atoms with E-state index >= 15 is 0 Å². The molecular formula is C13H24N2O. The predicted molar refractivity (Wildman–Crippen MR) is 65.2 cm³/mol. The van der Waals surface area contributed by atoms with E-state index in [0.29, 0.717) is 0 Å². The fraction of sp³-hybridized carbons (Fsp3) is 0.923. The number of carbonyl (C=O) groups excluding carboxylic acids is 1. The monoisotopic (exact) mass is 224 g/mol. The van der Waals surface area contributed by atoms with Crippen LogP contribution in [0.25, 0.3) is 0 Å². The van der Waals surface area contributed by atoms with Crippen molar-refractivity contribution in [3.8, 4) is 0 Å². The topological polar surface area (TPSA) is 41.1 Å². The minimum absolute atomic E-state index is 0.00123. The van der Waals surface area contributed by atoms with Gasteiger partial charge < -0.3 is 10.6 Å². The fourth-order valence-electron chi connectivity index (χ4n) is 2.70. The average Bonchev–Trinajstić information content (AvgIpc) is 2.14. The molecule has 1 saturated carbocycles. The highest BCUT2D eigenvalue weighted by molar-refractivity contribution is 5.82. The van der Waals surface area contributed by atoms with Gasteiger partial charge in [-0.1, -0.05) is 20.3 Å². The van der Waals surface area contributed by atoms with Gasteiger partial charge in [-0.3, -0.25) is 4.79 Å². The molecule has 0 spiro atoms. The largest absolute Gasteiger partial charge is 0.354 e. The Morgan fingerprint density at radius 3 is 2.69 bits per heavy atom. The third-order valence-corrected chi connectivity index (χ3v) is 4.18. The summed E-state index contributed by atoms with van der Waals surface area (Å²) >= 11 is 0. The van der Waals surface area contributed by atoms with Gasteiger partial charge in [0.15, 0.2) is 0 Å². The molecule has 2 rings (SSSR count). The zero-order valence-corrected chi connectivity index (χ0v) is 10.5. The highest BCUT2D eigenvalue weighted by atomic mass is 16.2. The van der Waals surface area contributed by atoms with Gasteiger partial charge in [0.1, 0.15) is 0 Å². The third kappa shape index (κ3) is 2.57. The van der Waals surface area contributed by atoms with Crippen molar-refractivity contribution in [2.75, 3.05) is 13.1 Å². The second-order valence-corrected chi connectivity index (χ2v) is 6.02. The Bertz CT molecular complexity index is 259. The molecule has 3 heteroatoms. The molecule has 1 saturated heterocycles. The number of rotatable bonds is 3. The molecule has 0 bridgehead atoms. The summed E-state index contributed by atoms with van der Waals surface area (Å²) in [5.41, 5.74) is 0.0992. The van der Waals surface area contributed by atoms with Crippen LogP contribution in [0.5, 0.6) is 0 Å². The second-order valence-electron chi connectivity index (χ2n) is 6.02.